The van der Waals surface area contributed by atoms with Crippen molar-refractivity contribution in [1.29, 1.82) is 0 Å². The molecule has 0 unspecified atom stereocenters. The lowest BCUT2D eigenvalue weighted by Gasteiger charge is -2.21. The van der Waals surface area contributed by atoms with Crippen LogP contribution in [-0.4, -0.2) is 44.8 Å². The molecule has 7 nitrogen and oxygen atoms in total. The van der Waals surface area contributed by atoms with Crippen molar-refractivity contribution in [2.75, 3.05) is 26.9 Å². The number of carbonyl (C=O) groups is 2. The summed E-state index contributed by atoms with van der Waals surface area (Å²) in [7, 11) is 1.58. The molecule has 25 heavy (non-hydrogen) atoms. The van der Waals surface area contributed by atoms with Crippen LogP contribution in [0.2, 0.25) is 0 Å². The van der Waals surface area contributed by atoms with Crippen LogP contribution in [-0.2, 0) is 9.53 Å². The van der Waals surface area contributed by atoms with Gasteiger partial charge < -0.3 is 25.4 Å². The van der Waals surface area contributed by atoms with Crippen molar-refractivity contribution in [1.82, 2.24) is 16.0 Å². The highest BCUT2D eigenvalue weighted by molar-refractivity contribution is 5.87. The van der Waals surface area contributed by atoms with Crippen molar-refractivity contribution >= 4 is 11.9 Å². The molecule has 138 valence electrons. The molecule has 0 aromatic heterocycles. The summed E-state index contributed by atoms with van der Waals surface area (Å²) < 4.78 is 10.6. The van der Waals surface area contributed by atoms with E-state index in [2.05, 4.69) is 16.0 Å². The SMILES string of the molecule is CCOc1ccc([C@H](COC)NC(=O)N[C@@H]2CCCCNC2=O)cc1. The first-order valence-electron chi connectivity index (χ1n) is 8.70. The van der Waals surface area contributed by atoms with Crippen molar-refractivity contribution < 1.29 is 19.1 Å². The monoisotopic (exact) mass is 349 g/mol. The Labute approximate surface area is 148 Å². The van der Waals surface area contributed by atoms with E-state index in [-0.39, 0.29) is 18.0 Å². The van der Waals surface area contributed by atoms with Crippen LogP contribution in [0.5, 0.6) is 5.75 Å². The lowest BCUT2D eigenvalue weighted by Crippen LogP contribution is -2.50. The average Bonchev–Trinajstić information content (AvgIpc) is 2.80. The molecule has 1 aliphatic rings. The van der Waals surface area contributed by atoms with Gasteiger partial charge in [0.15, 0.2) is 0 Å². The van der Waals surface area contributed by atoms with E-state index in [1.165, 1.54) is 0 Å². The van der Waals surface area contributed by atoms with Gasteiger partial charge in [-0.1, -0.05) is 12.1 Å². The van der Waals surface area contributed by atoms with Gasteiger partial charge in [-0.15, -0.1) is 0 Å². The van der Waals surface area contributed by atoms with Gasteiger partial charge >= 0.3 is 6.03 Å². The molecule has 1 fully saturated rings. The third-order valence-corrected chi connectivity index (χ3v) is 4.07. The summed E-state index contributed by atoms with van der Waals surface area (Å²) in [6.07, 6.45) is 2.49. The van der Waals surface area contributed by atoms with Crippen molar-refractivity contribution in [3.8, 4) is 5.75 Å². The van der Waals surface area contributed by atoms with Gasteiger partial charge in [-0.2, -0.15) is 0 Å². The third kappa shape index (κ3) is 5.94. The number of carbonyl (C=O) groups excluding carboxylic acids is 2. The molecule has 0 bridgehead atoms. The average molecular weight is 349 g/mol. The topological polar surface area (TPSA) is 88.7 Å². The fourth-order valence-electron chi connectivity index (χ4n) is 2.79. The van der Waals surface area contributed by atoms with E-state index < -0.39 is 6.04 Å². The zero-order chi connectivity index (χ0) is 18.1. The van der Waals surface area contributed by atoms with E-state index >= 15 is 0 Å². The highest BCUT2D eigenvalue weighted by atomic mass is 16.5. The first-order valence-corrected chi connectivity index (χ1v) is 8.70. The van der Waals surface area contributed by atoms with Crippen molar-refractivity contribution in [2.45, 2.75) is 38.3 Å². The fourth-order valence-corrected chi connectivity index (χ4v) is 2.79. The van der Waals surface area contributed by atoms with Gasteiger partial charge in [-0.25, -0.2) is 4.79 Å². The van der Waals surface area contributed by atoms with Crippen LogP contribution in [0.15, 0.2) is 24.3 Å². The molecule has 3 amide bonds. The molecule has 2 rings (SSSR count). The second kappa shape index (κ2) is 9.88. The number of amides is 3. The molecule has 7 heteroatoms. The van der Waals surface area contributed by atoms with Crippen LogP contribution >= 0.6 is 0 Å². The molecule has 1 saturated heterocycles. The lowest BCUT2D eigenvalue weighted by molar-refractivity contribution is -0.122. The minimum atomic E-state index is -0.494. The van der Waals surface area contributed by atoms with Gasteiger partial charge in [-0.3, -0.25) is 4.79 Å². The first kappa shape index (κ1) is 19.1. The molecule has 1 aromatic carbocycles. The van der Waals surface area contributed by atoms with Gasteiger partial charge in [0.25, 0.3) is 0 Å². The number of urea groups is 1. The largest absolute Gasteiger partial charge is 0.494 e. The van der Waals surface area contributed by atoms with Crippen LogP contribution in [0.4, 0.5) is 4.79 Å². The summed E-state index contributed by atoms with van der Waals surface area (Å²) in [5.41, 5.74) is 0.908. The molecule has 1 aliphatic heterocycles. The van der Waals surface area contributed by atoms with Crippen molar-refractivity contribution in [3.63, 3.8) is 0 Å². The normalized spacial score (nSPS) is 18.6. The van der Waals surface area contributed by atoms with E-state index in [1.54, 1.807) is 7.11 Å². The van der Waals surface area contributed by atoms with Gasteiger partial charge in [0.2, 0.25) is 5.91 Å². The quantitative estimate of drug-likeness (QED) is 0.700. The standard InChI is InChI=1S/C18H27N3O4/c1-3-25-14-9-7-13(8-10-14)16(12-24-2)21-18(23)20-15-6-4-5-11-19-17(15)22/h7-10,15-16H,3-6,11-12H2,1-2H3,(H,19,22)(H2,20,21,23)/t15-,16+/m1/s1. The summed E-state index contributed by atoms with van der Waals surface area (Å²) in [6, 6.07) is 6.33. The maximum absolute atomic E-state index is 12.3. The summed E-state index contributed by atoms with van der Waals surface area (Å²) in [5.74, 6) is 0.652. The van der Waals surface area contributed by atoms with Crippen molar-refractivity contribution in [2.24, 2.45) is 0 Å². The molecule has 1 aromatic rings. The Morgan fingerprint density at radius 2 is 2.08 bits per heavy atom. The minimum absolute atomic E-state index is 0.128. The van der Waals surface area contributed by atoms with Gasteiger partial charge in [0.05, 0.1) is 19.3 Å². The van der Waals surface area contributed by atoms with Crippen LogP contribution in [0, 0.1) is 0 Å². The molecule has 0 spiro atoms. The number of hydrogen-bond donors (Lipinski definition) is 3. The summed E-state index contributed by atoms with van der Waals surface area (Å²) in [4.78, 5) is 24.3. The second-order valence-corrected chi connectivity index (χ2v) is 5.97. The Balaban J connectivity index is 1.97. The first-order chi connectivity index (χ1) is 12.1. The molecule has 0 aliphatic carbocycles. The van der Waals surface area contributed by atoms with E-state index in [4.69, 9.17) is 9.47 Å². The molecule has 0 radical (unpaired) electrons. The summed E-state index contributed by atoms with van der Waals surface area (Å²) in [6.45, 7) is 3.53. The predicted molar refractivity (Wildman–Crippen MR) is 94.5 cm³/mol. The smallest absolute Gasteiger partial charge is 0.316 e. The van der Waals surface area contributed by atoms with E-state index in [0.29, 0.717) is 26.2 Å². The van der Waals surface area contributed by atoms with E-state index in [1.807, 2.05) is 31.2 Å². The number of ether oxygens (including phenoxy) is 2. The number of nitrogens with one attached hydrogen (secondary N) is 3. The van der Waals surface area contributed by atoms with E-state index in [0.717, 1.165) is 24.2 Å². The van der Waals surface area contributed by atoms with Gasteiger partial charge in [0, 0.05) is 13.7 Å². The number of hydrogen-bond acceptors (Lipinski definition) is 4. The van der Waals surface area contributed by atoms with E-state index in [9.17, 15) is 9.59 Å². The lowest BCUT2D eigenvalue weighted by atomic mass is 10.1. The fraction of sp³-hybridized carbons (Fsp3) is 0.556. The minimum Gasteiger partial charge on any atom is -0.494 e. The van der Waals surface area contributed by atoms with Crippen LogP contribution in [0.25, 0.3) is 0 Å². The van der Waals surface area contributed by atoms with Crippen LogP contribution < -0.4 is 20.7 Å². The van der Waals surface area contributed by atoms with Crippen molar-refractivity contribution in [3.05, 3.63) is 29.8 Å². The molecule has 3 N–H and O–H groups in total. The summed E-state index contributed by atoms with van der Waals surface area (Å²) in [5, 5.41) is 8.44. The second-order valence-electron chi connectivity index (χ2n) is 5.97. The molecular weight excluding hydrogens is 322 g/mol. The van der Waals surface area contributed by atoms with Crippen LogP contribution in [0.1, 0.15) is 37.8 Å². The number of methoxy groups -OCH3 is 1. The molecule has 0 saturated carbocycles. The Kier molecular flexibility index (Phi) is 7.53. The zero-order valence-corrected chi connectivity index (χ0v) is 14.8. The Hall–Kier alpha value is -2.28. The highest BCUT2D eigenvalue weighted by Crippen LogP contribution is 2.18. The molecule has 2 atom stereocenters. The molecular formula is C18H27N3O4. The number of benzene rings is 1. The summed E-state index contributed by atoms with van der Waals surface area (Å²) >= 11 is 0. The van der Waals surface area contributed by atoms with Gasteiger partial charge in [0.1, 0.15) is 11.8 Å². The maximum atomic E-state index is 12.3. The number of rotatable bonds is 7. The Morgan fingerprint density at radius 1 is 1.32 bits per heavy atom. The van der Waals surface area contributed by atoms with Gasteiger partial charge in [-0.05, 0) is 43.9 Å². The third-order valence-electron chi connectivity index (χ3n) is 4.07. The highest BCUT2D eigenvalue weighted by Gasteiger charge is 2.23. The zero-order valence-electron chi connectivity index (χ0n) is 14.8. The Bertz CT molecular complexity index is 562. The Morgan fingerprint density at radius 3 is 2.76 bits per heavy atom. The predicted octanol–water partition coefficient (Wildman–Crippen LogP) is 1.74. The molecule has 1 heterocycles. The van der Waals surface area contributed by atoms with Crippen LogP contribution in [0.3, 0.4) is 0 Å². The maximum Gasteiger partial charge on any atom is 0.316 e.